The fraction of sp³-hybridized carbons (Fsp3) is 0.125. The van der Waals surface area contributed by atoms with Crippen LogP contribution in [0.3, 0.4) is 0 Å². The highest BCUT2D eigenvalue weighted by Crippen LogP contribution is 2.16. The average molecular weight is 184 g/mol. The number of hydrogen-bond acceptors (Lipinski definition) is 3. The van der Waals surface area contributed by atoms with Crippen LogP contribution in [0.2, 0.25) is 5.02 Å². The first-order valence-corrected chi connectivity index (χ1v) is 3.63. The zero-order valence-electron chi connectivity index (χ0n) is 6.16. The number of ether oxygens (including phenoxy) is 1. The lowest BCUT2D eigenvalue weighted by atomic mass is 10.3. The van der Waals surface area contributed by atoms with Crippen LogP contribution < -0.4 is 4.74 Å². The molecule has 0 atom stereocenters. The van der Waals surface area contributed by atoms with Gasteiger partial charge in [-0.25, -0.2) is 4.79 Å². The smallest absolute Gasteiger partial charge is 0.238 e. The molecule has 0 radical (unpaired) electrons. The van der Waals surface area contributed by atoms with Crippen LogP contribution in [-0.4, -0.2) is 12.8 Å². The van der Waals surface area contributed by atoms with Gasteiger partial charge in [0.15, 0.2) is 6.73 Å². The Morgan fingerprint density at radius 1 is 1.58 bits per heavy atom. The molecular formula is C8H6ClNO2. The van der Waals surface area contributed by atoms with Crippen molar-refractivity contribution in [3.05, 3.63) is 29.3 Å². The summed E-state index contributed by atoms with van der Waals surface area (Å²) in [6, 6.07) is 6.85. The average Bonchev–Trinajstić information content (AvgIpc) is 2.05. The quantitative estimate of drug-likeness (QED) is 0.531. The maximum absolute atomic E-state index is 9.66. The minimum Gasteiger partial charge on any atom is -0.470 e. The van der Waals surface area contributed by atoms with Crippen LogP contribution in [0.25, 0.3) is 0 Å². The molecule has 62 valence electrons. The summed E-state index contributed by atoms with van der Waals surface area (Å²) in [5.41, 5.74) is 0. The minimum absolute atomic E-state index is 0.0240. The number of isocyanates is 1. The van der Waals surface area contributed by atoms with Gasteiger partial charge < -0.3 is 4.74 Å². The van der Waals surface area contributed by atoms with Crippen LogP contribution in [0.1, 0.15) is 0 Å². The second-order valence-corrected chi connectivity index (χ2v) is 2.42. The zero-order chi connectivity index (χ0) is 8.81. The molecule has 1 aromatic rings. The summed E-state index contributed by atoms with van der Waals surface area (Å²) in [5.74, 6) is 0.585. The topological polar surface area (TPSA) is 38.7 Å². The highest BCUT2D eigenvalue weighted by atomic mass is 35.5. The first kappa shape index (κ1) is 8.78. The molecular weight excluding hydrogens is 178 g/mol. The van der Waals surface area contributed by atoms with Gasteiger partial charge in [-0.3, -0.25) is 0 Å². The van der Waals surface area contributed by atoms with Crippen LogP contribution in [0.4, 0.5) is 0 Å². The molecule has 0 aliphatic heterocycles. The molecule has 0 heterocycles. The molecule has 4 heteroatoms. The molecule has 0 bridgehead atoms. The first-order valence-electron chi connectivity index (χ1n) is 3.25. The Labute approximate surface area is 74.6 Å². The Kier molecular flexibility index (Phi) is 3.33. The van der Waals surface area contributed by atoms with Gasteiger partial charge in [0.05, 0.1) is 0 Å². The Morgan fingerprint density at radius 3 is 3.08 bits per heavy atom. The maximum Gasteiger partial charge on any atom is 0.238 e. The molecule has 0 amide bonds. The number of aliphatic imine (C=N–C) groups is 1. The van der Waals surface area contributed by atoms with Crippen molar-refractivity contribution in [2.75, 3.05) is 6.73 Å². The lowest BCUT2D eigenvalue weighted by Gasteiger charge is -2.00. The molecule has 0 spiro atoms. The van der Waals surface area contributed by atoms with Crippen LogP contribution in [0.15, 0.2) is 29.3 Å². The van der Waals surface area contributed by atoms with Crippen LogP contribution in [0, 0.1) is 0 Å². The zero-order valence-corrected chi connectivity index (χ0v) is 6.91. The third-order valence-corrected chi connectivity index (χ3v) is 1.39. The summed E-state index contributed by atoms with van der Waals surface area (Å²) in [4.78, 5) is 12.9. The molecule has 0 unspecified atom stereocenters. The van der Waals surface area contributed by atoms with Gasteiger partial charge in [0.25, 0.3) is 0 Å². The summed E-state index contributed by atoms with van der Waals surface area (Å²) in [5, 5.41) is 0.586. The van der Waals surface area contributed by atoms with Crippen molar-refractivity contribution in [2.45, 2.75) is 0 Å². The molecule has 0 N–H and O–H groups in total. The Balaban J connectivity index is 2.57. The molecule has 1 aromatic carbocycles. The molecule has 0 aromatic heterocycles. The molecule has 3 nitrogen and oxygen atoms in total. The molecule has 0 aliphatic carbocycles. The highest BCUT2D eigenvalue weighted by Gasteiger charge is 1.92. The number of halogens is 1. The van der Waals surface area contributed by atoms with Crippen molar-refractivity contribution < 1.29 is 9.53 Å². The molecule has 0 saturated carbocycles. The van der Waals surface area contributed by atoms with Gasteiger partial charge in [0.1, 0.15) is 5.75 Å². The molecule has 12 heavy (non-hydrogen) atoms. The van der Waals surface area contributed by atoms with Crippen LogP contribution in [-0.2, 0) is 4.79 Å². The molecule has 1 rings (SSSR count). The van der Waals surface area contributed by atoms with Crippen molar-refractivity contribution in [1.82, 2.24) is 0 Å². The number of hydrogen-bond donors (Lipinski definition) is 0. The van der Waals surface area contributed by atoms with Crippen LogP contribution in [0.5, 0.6) is 5.75 Å². The fourth-order valence-corrected chi connectivity index (χ4v) is 0.870. The minimum atomic E-state index is -0.0240. The van der Waals surface area contributed by atoms with E-state index < -0.39 is 0 Å². The number of nitrogens with zero attached hydrogens (tertiary/aromatic N) is 1. The van der Waals surface area contributed by atoms with E-state index in [1.165, 1.54) is 6.08 Å². The van der Waals surface area contributed by atoms with E-state index in [9.17, 15) is 4.79 Å². The lowest BCUT2D eigenvalue weighted by Crippen LogP contribution is -1.92. The van der Waals surface area contributed by atoms with Gasteiger partial charge >= 0.3 is 0 Å². The van der Waals surface area contributed by atoms with E-state index >= 15 is 0 Å². The van der Waals surface area contributed by atoms with E-state index in [1.54, 1.807) is 24.3 Å². The number of rotatable bonds is 3. The van der Waals surface area contributed by atoms with E-state index in [-0.39, 0.29) is 6.73 Å². The van der Waals surface area contributed by atoms with Gasteiger partial charge in [-0.15, -0.1) is 0 Å². The van der Waals surface area contributed by atoms with Crippen molar-refractivity contribution in [3.63, 3.8) is 0 Å². The summed E-state index contributed by atoms with van der Waals surface area (Å²) in [6.07, 6.45) is 1.37. The third-order valence-electron chi connectivity index (χ3n) is 1.16. The Hall–Kier alpha value is -1.31. The first-order chi connectivity index (χ1) is 5.83. The van der Waals surface area contributed by atoms with Crippen molar-refractivity contribution >= 4 is 17.7 Å². The highest BCUT2D eigenvalue weighted by molar-refractivity contribution is 6.30. The maximum atomic E-state index is 9.66. The standard InChI is InChI=1S/C8H6ClNO2/c9-7-2-1-3-8(4-7)12-6-10-5-11/h1-4H,6H2. The van der Waals surface area contributed by atoms with E-state index in [1.807, 2.05) is 0 Å². The van der Waals surface area contributed by atoms with Crippen molar-refractivity contribution in [3.8, 4) is 5.75 Å². The van der Waals surface area contributed by atoms with Crippen LogP contribution >= 0.6 is 11.6 Å². The largest absolute Gasteiger partial charge is 0.470 e. The second kappa shape index (κ2) is 4.54. The number of carbonyl (C=O) groups excluding carboxylic acids is 1. The Bertz CT molecular complexity index is 308. The SMILES string of the molecule is O=C=NCOc1cccc(Cl)c1. The second-order valence-electron chi connectivity index (χ2n) is 1.98. The lowest BCUT2D eigenvalue weighted by molar-refractivity contribution is 0.330. The molecule has 0 fully saturated rings. The molecule has 0 aliphatic rings. The molecule has 0 saturated heterocycles. The predicted molar refractivity (Wildman–Crippen MR) is 45.1 cm³/mol. The number of benzene rings is 1. The third kappa shape index (κ3) is 2.74. The monoisotopic (exact) mass is 183 g/mol. The summed E-state index contributed by atoms with van der Waals surface area (Å²) in [7, 11) is 0. The van der Waals surface area contributed by atoms with Gasteiger partial charge in [-0.05, 0) is 18.2 Å². The normalized spacial score (nSPS) is 8.75. The Morgan fingerprint density at radius 2 is 2.42 bits per heavy atom. The summed E-state index contributed by atoms with van der Waals surface area (Å²) in [6.45, 7) is -0.0240. The summed E-state index contributed by atoms with van der Waals surface area (Å²) < 4.78 is 5.01. The van der Waals surface area contributed by atoms with E-state index in [4.69, 9.17) is 16.3 Å². The van der Waals surface area contributed by atoms with E-state index in [2.05, 4.69) is 4.99 Å². The van der Waals surface area contributed by atoms with Gasteiger partial charge in [-0.2, -0.15) is 4.99 Å². The van der Waals surface area contributed by atoms with Gasteiger partial charge in [-0.1, -0.05) is 17.7 Å². The van der Waals surface area contributed by atoms with Gasteiger partial charge in [0, 0.05) is 5.02 Å². The van der Waals surface area contributed by atoms with Gasteiger partial charge in [0.2, 0.25) is 6.08 Å². The van der Waals surface area contributed by atoms with E-state index in [0.29, 0.717) is 10.8 Å². The predicted octanol–water partition coefficient (Wildman–Crippen LogP) is 2.01. The van der Waals surface area contributed by atoms with Crippen molar-refractivity contribution in [1.29, 1.82) is 0 Å². The summed E-state index contributed by atoms with van der Waals surface area (Å²) >= 11 is 5.67. The van der Waals surface area contributed by atoms with Crippen molar-refractivity contribution in [2.24, 2.45) is 4.99 Å². The fourth-order valence-electron chi connectivity index (χ4n) is 0.690. The van der Waals surface area contributed by atoms with E-state index in [0.717, 1.165) is 0 Å².